The number of aromatic hydroxyl groups is 2. The molecule has 0 unspecified atom stereocenters. The Morgan fingerprint density at radius 3 is 1.83 bits per heavy atom. The molecule has 3 rings (SSSR count). The molecule has 1 aliphatic heterocycles. The Morgan fingerprint density at radius 1 is 0.755 bits per heavy atom. The summed E-state index contributed by atoms with van der Waals surface area (Å²) in [7, 11) is 0. The van der Waals surface area contributed by atoms with E-state index in [1.54, 1.807) is 6.92 Å². The summed E-state index contributed by atoms with van der Waals surface area (Å²) in [6.07, 6.45) is 0.737. The lowest BCUT2D eigenvalue weighted by atomic mass is 9.96. The molecule has 0 spiro atoms. The second-order valence-corrected chi connectivity index (χ2v) is 13.0. The first-order valence-electron chi connectivity index (χ1n) is 17.4. The van der Waals surface area contributed by atoms with Crippen LogP contribution in [0.5, 0.6) is 11.5 Å². The van der Waals surface area contributed by atoms with Crippen molar-refractivity contribution in [3.05, 3.63) is 59.7 Å². The lowest BCUT2D eigenvalue weighted by Crippen LogP contribution is -2.59. The Bertz CT molecular complexity index is 1600. The first-order chi connectivity index (χ1) is 25.2. The van der Waals surface area contributed by atoms with Crippen LogP contribution < -0.4 is 31.9 Å². The van der Waals surface area contributed by atoms with E-state index >= 15 is 0 Å². The molecule has 17 heteroatoms. The first kappa shape index (κ1) is 41.7. The van der Waals surface area contributed by atoms with Crippen molar-refractivity contribution < 1.29 is 54.0 Å². The van der Waals surface area contributed by atoms with Gasteiger partial charge in [-0.2, -0.15) is 0 Å². The van der Waals surface area contributed by atoms with Crippen molar-refractivity contribution in [3.63, 3.8) is 0 Å². The van der Waals surface area contributed by atoms with E-state index in [-0.39, 0.29) is 36.2 Å². The van der Waals surface area contributed by atoms with Crippen molar-refractivity contribution in [1.82, 2.24) is 31.9 Å². The number of carboxylic acids is 2. The van der Waals surface area contributed by atoms with Crippen LogP contribution in [0.15, 0.2) is 48.5 Å². The number of phenolic OH excluding ortho intramolecular Hbond substituents is 2. The third-order valence-electron chi connectivity index (χ3n) is 8.89. The van der Waals surface area contributed by atoms with Gasteiger partial charge < -0.3 is 52.3 Å². The zero-order chi connectivity index (χ0) is 39.1. The number of nitrogens with one attached hydrogen (secondary N) is 6. The van der Waals surface area contributed by atoms with E-state index in [2.05, 4.69) is 31.9 Å². The second kappa shape index (κ2) is 20.4. The highest BCUT2D eigenvalue weighted by Crippen LogP contribution is 2.15. The fourth-order valence-electron chi connectivity index (χ4n) is 5.62. The minimum absolute atomic E-state index is 0.0259. The molecule has 0 saturated carbocycles. The molecule has 1 fully saturated rings. The minimum Gasteiger partial charge on any atom is -0.508 e. The number of hydrogen-bond acceptors (Lipinski definition) is 10. The topological polar surface area (TPSA) is 273 Å². The fraction of sp³-hybridized carbons (Fsp3) is 0.472. The van der Waals surface area contributed by atoms with Gasteiger partial charge in [0.05, 0.1) is 12.6 Å². The highest BCUT2D eigenvalue weighted by atomic mass is 16.4. The number of rotatable bonds is 20. The maximum atomic E-state index is 13.8. The molecule has 17 nitrogen and oxygen atoms in total. The van der Waals surface area contributed by atoms with Gasteiger partial charge >= 0.3 is 11.9 Å². The van der Waals surface area contributed by atoms with Crippen molar-refractivity contribution in [2.45, 2.75) is 89.0 Å². The van der Waals surface area contributed by atoms with Gasteiger partial charge in [0.2, 0.25) is 29.5 Å². The van der Waals surface area contributed by atoms with E-state index < -0.39 is 85.2 Å². The second-order valence-electron chi connectivity index (χ2n) is 13.0. The number of hydrogen-bond donors (Lipinski definition) is 10. The molecule has 10 N–H and O–H groups in total. The van der Waals surface area contributed by atoms with E-state index in [1.165, 1.54) is 48.5 Å². The van der Waals surface area contributed by atoms with Crippen LogP contribution in [0.3, 0.4) is 0 Å². The molecule has 1 saturated heterocycles. The van der Waals surface area contributed by atoms with E-state index in [0.29, 0.717) is 30.5 Å². The third kappa shape index (κ3) is 13.7. The number of carboxylic acid groups (broad SMARTS) is 2. The molecule has 5 amide bonds. The maximum Gasteiger partial charge on any atom is 0.326 e. The van der Waals surface area contributed by atoms with Gasteiger partial charge in [-0.3, -0.25) is 28.8 Å². The summed E-state index contributed by atoms with van der Waals surface area (Å²) in [6.45, 7) is 3.57. The molecular formula is C36H48N6O11. The van der Waals surface area contributed by atoms with Gasteiger partial charge in [0, 0.05) is 19.3 Å². The lowest BCUT2D eigenvalue weighted by Gasteiger charge is -2.28. The molecule has 2 aromatic rings. The summed E-state index contributed by atoms with van der Waals surface area (Å²) in [6, 6.07) is 5.84. The Labute approximate surface area is 306 Å². The summed E-state index contributed by atoms with van der Waals surface area (Å²) in [5.41, 5.74) is 1.03. The van der Waals surface area contributed by atoms with Crippen LogP contribution in [0.25, 0.3) is 0 Å². The molecule has 2 aromatic carbocycles. The number of benzene rings is 2. The van der Waals surface area contributed by atoms with Gasteiger partial charge in [0.25, 0.3) is 0 Å². The van der Waals surface area contributed by atoms with E-state index in [1.807, 2.05) is 6.92 Å². The average molecular weight is 741 g/mol. The smallest absolute Gasteiger partial charge is 0.326 e. The molecular weight excluding hydrogens is 692 g/mol. The predicted octanol–water partition coefficient (Wildman–Crippen LogP) is -0.314. The van der Waals surface area contributed by atoms with Gasteiger partial charge in [0.15, 0.2) is 0 Å². The van der Waals surface area contributed by atoms with Crippen LogP contribution in [0.1, 0.15) is 57.1 Å². The monoisotopic (exact) mass is 740 g/mol. The molecule has 1 heterocycles. The lowest BCUT2D eigenvalue weighted by molar-refractivity contribution is -0.141. The Morgan fingerprint density at radius 2 is 1.32 bits per heavy atom. The van der Waals surface area contributed by atoms with Crippen molar-refractivity contribution in [2.75, 3.05) is 13.1 Å². The van der Waals surface area contributed by atoms with Crippen LogP contribution in [0.2, 0.25) is 0 Å². The Balaban J connectivity index is 1.75. The van der Waals surface area contributed by atoms with Crippen molar-refractivity contribution >= 4 is 41.5 Å². The zero-order valence-electron chi connectivity index (χ0n) is 29.6. The number of phenols is 2. The van der Waals surface area contributed by atoms with Gasteiger partial charge in [0.1, 0.15) is 35.7 Å². The van der Waals surface area contributed by atoms with Crippen LogP contribution in [-0.4, -0.2) is 105 Å². The molecule has 0 bridgehead atoms. The van der Waals surface area contributed by atoms with Crippen LogP contribution in [-0.2, 0) is 46.4 Å². The van der Waals surface area contributed by atoms with Gasteiger partial charge in [-0.25, -0.2) is 4.79 Å². The summed E-state index contributed by atoms with van der Waals surface area (Å²) >= 11 is 0. The van der Waals surface area contributed by atoms with Crippen LogP contribution in [0.4, 0.5) is 0 Å². The molecule has 0 aromatic heterocycles. The van der Waals surface area contributed by atoms with Gasteiger partial charge in [-0.15, -0.1) is 0 Å². The highest BCUT2D eigenvalue weighted by Gasteiger charge is 2.34. The van der Waals surface area contributed by atoms with Crippen molar-refractivity contribution in [1.29, 1.82) is 0 Å². The molecule has 53 heavy (non-hydrogen) atoms. The quantitative estimate of drug-likeness (QED) is 0.0838. The molecule has 1 aliphatic rings. The maximum absolute atomic E-state index is 13.8. The Kier molecular flexibility index (Phi) is 16.0. The number of carbonyl (C=O) groups is 7. The molecule has 0 aliphatic carbocycles. The summed E-state index contributed by atoms with van der Waals surface area (Å²) in [5, 5.41) is 53.8. The summed E-state index contributed by atoms with van der Waals surface area (Å²) < 4.78 is 0. The number of amides is 5. The van der Waals surface area contributed by atoms with E-state index in [9.17, 15) is 54.0 Å². The van der Waals surface area contributed by atoms with Crippen LogP contribution in [0, 0.1) is 5.92 Å². The number of aliphatic carboxylic acids is 2. The predicted molar refractivity (Wildman–Crippen MR) is 189 cm³/mol. The molecule has 288 valence electrons. The fourth-order valence-corrected chi connectivity index (χ4v) is 5.62. The first-order valence-corrected chi connectivity index (χ1v) is 17.4. The number of carbonyl (C=O) groups excluding carboxylic acids is 5. The Hall–Kier alpha value is -5.71. The van der Waals surface area contributed by atoms with E-state index in [4.69, 9.17) is 0 Å². The van der Waals surface area contributed by atoms with Gasteiger partial charge in [-0.1, -0.05) is 44.5 Å². The minimum atomic E-state index is -1.49. The average Bonchev–Trinajstić information content (AvgIpc) is 3.67. The normalized spacial score (nSPS) is 16.5. The summed E-state index contributed by atoms with van der Waals surface area (Å²) in [4.78, 5) is 89.6. The zero-order valence-corrected chi connectivity index (χ0v) is 29.6. The van der Waals surface area contributed by atoms with E-state index in [0.717, 1.165) is 6.42 Å². The standard InChI is InChI=1S/C36H48N6O11/c1-3-20(2)31(42-33(49)25-5-4-16-37-25)35(51)41-27(17-21-6-10-23(43)11-7-21)34(50)40-26(14-15-30(46)47)32(48)38-19-29(45)39-28(36(52)53)18-22-8-12-24(44)13-9-22/h6-13,20,25-28,31,37,43-44H,3-5,14-19H2,1-2H3,(H,38,48)(H,39,45)(H,40,50)(H,41,51)(H,42,49)(H,46,47)(H,52,53)/t20-,25-,26-,27-,28-,31-/m0/s1. The summed E-state index contributed by atoms with van der Waals surface area (Å²) in [5.74, 6) is -6.72. The third-order valence-corrected chi connectivity index (χ3v) is 8.89. The molecule has 6 atom stereocenters. The molecule has 0 radical (unpaired) electrons. The van der Waals surface area contributed by atoms with Crippen LogP contribution >= 0.6 is 0 Å². The highest BCUT2D eigenvalue weighted by molar-refractivity contribution is 5.96. The largest absolute Gasteiger partial charge is 0.508 e. The van der Waals surface area contributed by atoms with Crippen molar-refractivity contribution in [2.24, 2.45) is 5.92 Å². The SMILES string of the molecule is CC[C@H](C)[C@H](NC(=O)[C@@H]1CCCN1)C(=O)N[C@@H](Cc1ccc(O)cc1)C(=O)N[C@@H](CCC(=O)O)C(=O)NCC(=O)N[C@@H](Cc1ccc(O)cc1)C(=O)O. The van der Waals surface area contributed by atoms with Crippen molar-refractivity contribution in [3.8, 4) is 11.5 Å². The van der Waals surface area contributed by atoms with Gasteiger partial charge in [-0.05, 0) is 67.1 Å².